The van der Waals surface area contributed by atoms with Gasteiger partial charge >= 0.3 is 5.63 Å². The van der Waals surface area contributed by atoms with Crippen molar-refractivity contribution in [2.45, 2.75) is 13.5 Å². The van der Waals surface area contributed by atoms with Crippen molar-refractivity contribution < 1.29 is 9.15 Å². The van der Waals surface area contributed by atoms with Crippen LogP contribution in [0.2, 0.25) is 0 Å². The van der Waals surface area contributed by atoms with Crippen molar-refractivity contribution in [3.63, 3.8) is 0 Å². The van der Waals surface area contributed by atoms with Gasteiger partial charge in [0.25, 0.3) is 5.82 Å². The molecule has 2 heterocycles. The maximum absolute atomic E-state index is 11.4. The van der Waals surface area contributed by atoms with Crippen LogP contribution in [0.1, 0.15) is 11.4 Å². The van der Waals surface area contributed by atoms with Crippen LogP contribution in [0.15, 0.2) is 39.8 Å². The van der Waals surface area contributed by atoms with Gasteiger partial charge in [-0.1, -0.05) is 0 Å². The molecule has 0 saturated carbocycles. The van der Waals surface area contributed by atoms with Gasteiger partial charge in [0.05, 0.1) is 6.54 Å². The van der Waals surface area contributed by atoms with E-state index in [4.69, 9.17) is 14.4 Å². The Kier molecular flexibility index (Phi) is 3.58. The molecule has 0 aliphatic rings. The highest BCUT2D eigenvalue weighted by atomic mass is 16.5. The number of ether oxygens (including phenoxy) is 1. The lowest BCUT2D eigenvalue weighted by molar-refractivity contribution is 0.291. The van der Waals surface area contributed by atoms with Gasteiger partial charge in [-0.05, 0) is 24.6 Å². The molecule has 0 spiro atoms. The molecule has 7 nitrogen and oxygen atoms in total. The van der Waals surface area contributed by atoms with E-state index in [1.54, 1.807) is 6.07 Å². The zero-order valence-corrected chi connectivity index (χ0v) is 11.8. The molecule has 1 aromatic carbocycles. The Morgan fingerprint density at radius 3 is 3.05 bits per heavy atom. The maximum Gasteiger partial charge on any atom is 0.336 e. The van der Waals surface area contributed by atoms with Crippen molar-refractivity contribution in [1.29, 1.82) is 5.26 Å². The lowest BCUT2D eigenvalue weighted by atomic mass is 10.1. The first-order valence-electron chi connectivity index (χ1n) is 6.62. The largest absolute Gasteiger partial charge is 0.492 e. The minimum absolute atomic E-state index is 0.128. The minimum atomic E-state index is -0.381. The Morgan fingerprint density at radius 2 is 2.27 bits per heavy atom. The summed E-state index contributed by atoms with van der Waals surface area (Å²) in [5, 5.41) is 13.5. The van der Waals surface area contributed by atoms with Gasteiger partial charge in [-0.2, -0.15) is 5.26 Å². The average Bonchev–Trinajstić information content (AvgIpc) is 2.94. The summed E-state index contributed by atoms with van der Waals surface area (Å²) in [4.78, 5) is 15.2. The van der Waals surface area contributed by atoms with Crippen LogP contribution >= 0.6 is 0 Å². The van der Waals surface area contributed by atoms with Crippen LogP contribution in [0.5, 0.6) is 5.75 Å². The molecule has 0 saturated heterocycles. The van der Waals surface area contributed by atoms with Crippen LogP contribution in [-0.2, 0) is 6.54 Å². The van der Waals surface area contributed by atoms with Crippen molar-refractivity contribution in [2.24, 2.45) is 0 Å². The summed E-state index contributed by atoms with van der Waals surface area (Å²) >= 11 is 0. The van der Waals surface area contributed by atoms with E-state index >= 15 is 0 Å². The topological polar surface area (TPSA) is 93.9 Å². The number of nitrogens with zero attached hydrogens (tertiary/aromatic N) is 4. The molecule has 0 atom stereocenters. The van der Waals surface area contributed by atoms with Gasteiger partial charge in [0.2, 0.25) is 0 Å². The quantitative estimate of drug-likeness (QED) is 0.679. The number of rotatable bonds is 4. The van der Waals surface area contributed by atoms with Crippen LogP contribution in [0.3, 0.4) is 0 Å². The van der Waals surface area contributed by atoms with Gasteiger partial charge in [0.15, 0.2) is 0 Å². The minimum Gasteiger partial charge on any atom is -0.492 e. The molecule has 3 rings (SSSR count). The highest BCUT2D eigenvalue weighted by Gasteiger charge is 2.04. The lowest BCUT2D eigenvalue weighted by Gasteiger charge is -2.07. The monoisotopic (exact) mass is 296 g/mol. The Balaban J connectivity index is 1.71. The molecule has 0 aliphatic heterocycles. The van der Waals surface area contributed by atoms with Gasteiger partial charge < -0.3 is 9.15 Å². The van der Waals surface area contributed by atoms with Crippen molar-refractivity contribution in [3.8, 4) is 11.8 Å². The van der Waals surface area contributed by atoms with Crippen LogP contribution in [0.25, 0.3) is 11.0 Å². The van der Waals surface area contributed by atoms with Crippen LogP contribution in [-0.4, -0.2) is 21.4 Å². The second-order valence-electron chi connectivity index (χ2n) is 4.70. The summed E-state index contributed by atoms with van der Waals surface area (Å²) in [5.74, 6) is 0.727. The van der Waals surface area contributed by atoms with Crippen molar-refractivity contribution in [3.05, 3.63) is 52.4 Å². The molecular weight excluding hydrogens is 284 g/mol. The van der Waals surface area contributed by atoms with Crippen LogP contribution in [0.4, 0.5) is 0 Å². The number of aryl methyl sites for hydroxylation is 1. The van der Waals surface area contributed by atoms with Crippen molar-refractivity contribution in [2.75, 3.05) is 6.61 Å². The fourth-order valence-corrected chi connectivity index (χ4v) is 2.11. The number of hydrogen-bond acceptors (Lipinski definition) is 6. The number of nitriles is 1. The highest BCUT2D eigenvalue weighted by Crippen LogP contribution is 2.22. The first-order chi connectivity index (χ1) is 10.7. The van der Waals surface area contributed by atoms with Crippen LogP contribution < -0.4 is 10.4 Å². The Morgan fingerprint density at radius 1 is 1.41 bits per heavy atom. The fourth-order valence-electron chi connectivity index (χ4n) is 2.11. The van der Waals surface area contributed by atoms with Gasteiger partial charge in [-0.25, -0.2) is 14.5 Å². The van der Waals surface area contributed by atoms with Gasteiger partial charge in [0.1, 0.15) is 30.3 Å². The Hall–Kier alpha value is -3.14. The molecule has 0 N–H and O–H groups in total. The number of benzene rings is 1. The second-order valence-corrected chi connectivity index (χ2v) is 4.70. The smallest absolute Gasteiger partial charge is 0.336 e. The molecule has 110 valence electrons. The predicted molar refractivity (Wildman–Crippen MR) is 77.5 cm³/mol. The Labute approximate surface area is 125 Å². The average molecular weight is 296 g/mol. The summed E-state index contributed by atoms with van der Waals surface area (Å²) in [5.41, 5.74) is 0.980. The third-order valence-electron chi connectivity index (χ3n) is 3.15. The zero-order valence-electron chi connectivity index (χ0n) is 11.8. The first-order valence-corrected chi connectivity index (χ1v) is 6.62. The maximum atomic E-state index is 11.4. The van der Waals surface area contributed by atoms with Crippen LogP contribution in [0, 0.1) is 18.3 Å². The molecule has 0 radical (unpaired) electrons. The lowest BCUT2D eigenvalue weighted by Crippen LogP contribution is -2.09. The fraction of sp³-hybridized carbons (Fsp3) is 0.200. The Bertz CT molecular complexity index is 920. The number of aromatic nitrogens is 3. The number of fused-ring (bicyclic) bond motifs is 1. The molecule has 0 fully saturated rings. The van der Waals surface area contributed by atoms with E-state index in [1.807, 2.05) is 25.1 Å². The summed E-state index contributed by atoms with van der Waals surface area (Å²) < 4.78 is 12.3. The molecule has 3 aromatic rings. The van der Waals surface area contributed by atoms with E-state index in [9.17, 15) is 4.79 Å². The normalized spacial score (nSPS) is 10.5. The third kappa shape index (κ3) is 2.81. The van der Waals surface area contributed by atoms with E-state index in [0.717, 1.165) is 10.9 Å². The highest BCUT2D eigenvalue weighted by molar-refractivity contribution is 5.81. The standard InChI is InChI=1S/C15H12N4O3/c1-10-6-15(20)22-13-7-11(2-3-12(10)13)21-5-4-19-9-17-14(8-16)18-19/h2-3,6-7,9H,4-5H2,1H3. The molecule has 0 bridgehead atoms. The number of hydrogen-bond donors (Lipinski definition) is 0. The van der Waals surface area contributed by atoms with E-state index < -0.39 is 0 Å². The summed E-state index contributed by atoms with van der Waals surface area (Å²) in [6.07, 6.45) is 1.48. The van der Waals surface area contributed by atoms with E-state index in [-0.39, 0.29) is 11.4 Å². The van der Waals surface area contributed by atoms with E-state index in [1.165, 1.54) is 17.1 Å². The summed E-state index contributed by atoms with van der Waals surface area (Å²) in [7, 11) is 0. The van der Waals surface area contributed by atoms with Crippen molar-refractivity contribution >= 4 is 11.0 Å². The predicted octanol–water partition coefficient (Wildman–Crippen LogP) is 1.64. The van der Waals surface area contributed by atoms with Crippen molar-refractivity contribution in [1.82, 2.24) is 14.8 Å². The molecule has 22 heavy (non-hydrogen) atoms. The summed E-state index contributed by atoms with van der Waals surface area (Å²) in [6.45, 7) is 2.68. The molecule has 0 aliphatic carbocycles. The van der Waals surface area contributed by atoms with Gasteiger partial charge in [-0.15, -0.1) is 5.10 Å². The first kappa shape index (κ1) is 13.8. The van der Waals surface area contributed by atoms with E-state index in [0.29, 0.717) is 24.5 Å². The SMILES string of the molecule is Cc1cc(=O)oc2cc(OCCn3cnc(C#N)n3)ccc12. The van der Waals surface area contributed by atoms with Gasteiger partial charge in [0, 0.05) is 17.5 Å². The van der Waals surface area contributed by atoms with Gasteiger partial charge in [-0.3, -0.25) is 0 Å². The molecule has 0 unspecified atom stereocenters. The second kappa shape index (κ2) is 5.69. The zero-order chi connectivity index (χ0) is 15.5. The molecular formula is C15H12N4O3. The molecule has 7 heteroatoms. The summed E-state index contributed by atoms with van der Waals surface area (Å²) in [6, 6.07) is 8.68. The molecule has 2 aromatic heterocycles. The van der Waals surface area contributed by atoms with E-state index in [2.05, 4.69) is 10.1 Å². The molecule has 0 amide bonds. The third-order valence-corrected chi connectivity index (χ3v) is 3.15.